The Labute approximate surface area is 213 Å². The maximum atomic E-state index is 14.8. The second-order valence-corrected chi connectivity index (χ2v) is 7.91. The standard InChI is InChI=1S/C26H23ClFN5O3/c1-5-16-11-20(26(35)31-23-10-8-18(27)15-29-23)24(22(13-16)36-4)32-25(34)19-9-7-17(12-21(19)28)14-30-33(3)6-2/h1,7-15H,6H2,2-4H3,(H,32,34)(H,29,31,35). The van der Waals surface area contributed by atoms with E-state index in [-0.39, 0.29) is 28.4 Å². The van der Waals surface area contributed by atoms with E-state index in [1.807, 2.05) is 6.92 Å². The number of nitrogens with zero attached hydrogens (tertiary/aromatic N) is 3. The summed E-state index contributed by atoms with van der Waals surface area (Å²) in [6.07, 6.45) is 8.39. The normalized spacial score (nSPS) is 10.6. The molecule has 36 heavy (non-hydrogen) atoms. The van der Waals surface area contributed by atoms with E-state index >= 15 is 0 Å². The Bertz CT molecular complexity index is 1350. The number of nitrogens with one attached hydrogen (secondary N) is 2. The number of halogens is 2. The molecule has 1 aromatic heterocycles. The van der Waals surface area contributed by atoms with Gasteiger partial charge in [-0.1, -0.05) is 23.6 Å². The number of benzene rings is 2. The van der Waals surface area contributed by atoms with E-state index in [9.17, 15) is 14.0 Å². The Morgan fingerprint density at radius 1 is 1.19 bits per heavy atom. The van der Waals surface area contributed by atoms with Gasteiger partial charge in [-0.2, -0.15) is 5.10 Å². The number of carbonyl (C=O) groups is 2. The van der Waals surface area contributed by atoms with E-state index in [4.69, 9.17) is 22.8 Å². The maximum absolute atomic E-state index is 14.8. The van der Waals surface area contributed by atoms with Crippen LogP contribution in [0.1, 0.15) is 38.8 Å². The SMILES string of the molecule is C#Cc1cc(OC)c(NC(=O)c2ccc(C=NN(C)CC)cc2F)c(C(=O)Nc2ccc(Cl)cn2)c1. The largest absolute Gasteiger partial charge is 0.495 e. The van der Waals surface area contributed by atoms with Crippen molar-refractivity contribution in [1.82, 2.24) is 9.99 Å². The first-order valence-electron chi connectivity index (χ1n) is 10.7. The number of anilines is 2. The molecular formula is C26H23ClFN5O3. The number of hydrogen-bond donors (Lipinski definition) is 2. The fraction of sp³-hybridized carbons (Fsp3) is 0.154. The van der Waals surface area contributed by atoms with Gasteiger partial charge in [-0.15, -0.1) is 6.42 Å². The van der Waals surface area contributed by atoms with Crippen LogP contribution in [0.2, 0.25) is 5.02 Å². The second-order valence-electron chi connectivity index (χ2n) is 7.47. The smallest absolute Gasteiger partial charge is 0.259 e. The third-order valence-corrected chi connectivity index (χ3v) is 5.26. The first-order valence-corrected chi connectivity index (χ1v) is 11.1. The number of ether oxygens (including phenoxy) is 1. The number of methoxy groups -OCH3 is 1. The van der Waals surface area contributed by atoms with E-state index in [0.29, 0.717) is 22.7 Å². The molecule has 0 bridgehead atoms. The minimum Gasteiger partial charge on any atom is -0.495 e. The lowest BCUT2D eigenvalue weighted by atomic mass is 10.1. The van der Waals surface area contributed by atoms with Crippen LogP contribution in [0, 0.1) is 18.2 Å². The third-order valence-electron chi connectivity index (χ3n) is 5.04. The van der Waals surface area contributed by atoms with Gasteiger partial charge < -0.3 is 20.4 Å². The van der Waals surface area contributed by atoms with Crippen LogP contribution in [0.4, 0.5) is 15.9 Å². The van der Waals surface area contributed by atoms with Gasteiger partial charge in [0.15, 0.2) is 0 Å². The van der Waals surface area contributed by atoms with Crippen molar-refractivity contribution in [3.63, 3.8) is 0 Å². The topological polar surface area (TPSA) is 95.9 Å². The van der Waals surface area contributed by atoms with Crippen molar-refractivity contribution in [3.8, 4) is 18.1 Å². The molecule has 0 aliphatic carbocycles. The van der Waals surface area contributed by atoms with Gasteiger partial charge in [0.1, 0.15) is 17.4 Å². The average molecular weight is 508 g/mol. The molecule has 0 atom stereocenters. The summed E-state index contributed by atoms with van der Waals surface area (Å²) in [5.74, 6) is 0.623. The first kappa shape index (κ1) is 26.2. The monoisotopic (exact) mass is 507 g/mol. The number of aromatic nitrogens is 1. The zero-order valence-corrected chi connectivity index (χ0v) is 20.6. The molecule has 184 valence electrons. The summed E-state index contributed by atoms with van der Waals surface area (Å²) >= 11 is 5.84. The molecule has 0 aliphatic rings. The molecule has 8 nitrogen and oxygen atoms in total. The molecule has 0 aliphatic heterocycles. The van der Waals surface area contributed by atoms with Gasteiger partial charge >= 0.3 is 0 Å². The number of hydrazone groups is 1. The van der Waals surface area contributed by atoms with Gasteiger partial charge in [0.05, 0.1) is 35.2 Å². The fourth-order valence-corrected chi connectivity index (χ4v) is 3.14. The van der Waals surface area contributed by atoms with Gasteiger partial charge in [-0.3, -0.25) is 9.59 Å². The van der Waals surface area contributed by atoms with Crippen molar-refractivity contribution in [2.24, 2.45) is 5.10 Å². The number of terminal acetylenes is 1. The van der Waals surface area contributed by atoms with E-state index < -0.39 is 17.6 Å². The van der Waals surface area contributed by atoms with Crippen molar-refractivity contribution in [1.29, 1.82) is 0 Å². The minimum absolute atomic E-state index is 0.000774. The summed E-state index contributed by atoms with van der Waals surface area (Å²) in [6.45, 7) is 2.61. The highest BCUT2D eigenvalue weighted by molar-refractivity contribution is 6.30. The van der Waals surface area contributed by atoms with Gasteiger partial charge in [0.25, 0.3) is 11.8 Å². The lowest BCUT2D eigenvalue weighted by Crippen LogP contribution is -2.20. The molecule has 0 saturated heterocycles. The molecule has 0 unspecified atom stereocenters. The van der Waals surface area contributed by atoms with Crippen LogP contribution in [-0.2, 0) is 0 Å². The van der Waals surface area contributed by atoms with Crippen LogP contribution in [-0.4, -0.2) is 48.7 Å². The molecule has 3 rings (SSSR count). The van der Waals surface area contributed by atoms with E-state index in [2.05, 4.69) is 26.6 Å². The molecule has 0 fully saturated rings. The number of rotatable bonds is 8. The Balaban J connectivity index is 1.94. The Morgan fingerprint density at radius 3 is 2.56 bits per heavy atom. The second kappa shape index (κ2) is 11.8. The fourth-order valence-electron chi connectivity index (χ4n) is 3.02. The molecule has 2 aromatic carbocycles. The van der Waals surface area contributed by atoms with Crippen LogP contribution in [0.3, 0.4) is 0 Å². The number of carbonyl (C=O) groups excluding carboxylic acids is 2. The van der Waals surface area contributed by atoms with Gasteiger partial charge in [0.2, 0.25) is 0 Å². The first-order chi connectivity index (χ1) is 17.2. The molecule has 10 heteroatoms. The quantitative estimate of drug-likeness (QED) is 0.263. The lowest BCUT2D eigenvalue weighted by molar-refractivity contribution is 0.102. The van der Waals surface area contributed by atoms with Crippen molar-refractivity contribution in [3.05, 3.63) is 81.8 Å². The minimum atomic E-state index is -0.785. The molecule has 1 heterocycles. The Hall–Kier alpha value is -4.42. The maximum Gasteiger partial charge on any atom is 0.259 e. The Kier molecular flexibility index (Phi) is 8.60. The molecular weight excluding hydrogens is 485 g/mol. The van der Waals surface area contributed by atoms with Crippen LogP contribution < -0.4 is 15.4 Å². The molecule has 3 aromatic rings. The molecule has 0 radical (unpaired) electrons. The zero-order chi connectivity index (χ0) is 26.2. The van der Waals surface area contributed by atoms with E-state index in [1.165, 1.54) is 49.9 Å². The summed E-state index contributed by atoms with van der Waals surface area (Å²) in [6, 6.07) is 10.0. The lowest BCUT2D eigenvalue weighted by Gasteiger charge is -2.16. The summed E-state index contributed by atoms with van der Waals surface area (Å²) in [5, 5.41) is 11.4. The van der Waals surface area contributed by atoms with Gasteiger partial charge in [-0.25, -0.2) is 9.37 Å². The summed E-state index contributed by atoms with van der Waals surface area (Å²) in [7, 11) is 3.14. The molecule has 0 spiro atoms. The van der Waals surface area contributed by atoms with Crippen LogP contribution >= 0.6 is 11.6 Å². The van der Waals surface area contributed by atoms with Crippen molar-refractivity contribution < 1.29 is 18.7 Å². The van der Waals surface area contributed by atoms with Crippen LogP contribution in [0.15, 0.2) is 53.8 Å². The number of amides is 2. The Morgan fingerprint density at radius 2 is 1.94 bits per heavy atom. The third kappa shape index (κ3) is 6.37. The van der Waals surface area contributed by atoms with Gasteiger partial charge in [-0.05, 0) is 48.9 Å². The molecule has 2 amide bonds. The highest BCUT2D eigenvalue weighted by Gasteiger charge is 2.22. The average Bonchev–Trinajstić information content (AvgIpc) is 2.88. The predicted octanol–water partition coefficient (Wildman–Crippen LogP) is 4.65. The number of hydrogen-bond acceptors (Lipinski definition) is 6. The van der Waals surface area contributed by atoms with Crippen LogP contribution in [0.25, 0.3) is 0 Å². The highest BCUT2D eigenvalue weighted by atomic mass is 35.5. The molecule has 0 saturated carbocycles. The zero-order valence-electron chi connectivity index (χ0n) is 19.8. The predicted molar refractivity (Wildman–Crippen MR) is 138 cm³/mol. The van der Waals surface area contributed by atoms with Crippen molar-refractivity contribution in [2.45, 2.75) is 6.92 Å². The highest BCUT2D eigenvalue weighted by Crippen LogP contribution is 2.32. The molecule has 2 N–H and O–H groups in total. The summed E-state index contributed by atoms with van der Waals surface area (Å²) < 4.78 is 20.2. The van der Waals surface area contributed by atoms with Crippen LogP contribution in [0.5, 0.6) is 5.75 Å². The van der Waals surface area contributed by atoms with E-state index in [1.54, 1.807) is 24.2 Å². The number of pyridine rings is 1. The summed E-state index contributed by atoms with van der Waals surface area (Å²) in [4.78, 5) is 30.1. The summed E-state index contributed by atoms with van der Waals surface area (Å²) in [5.41, 5.74) is 0.605. The van der Waals surface area contributed by atoms with Gasteiger partial charge in [0, 0.05) is 25.4 Å². The van der Waals surface area contributed by atoms with Crippen molar-refractivity contribution >= 4 is 41.1 Å². The van der Waals surface area contributed by atoms with E-state index in [0.717, 1.165) is 0 Å². The van der Waals surface area contributed by atoms with Crippen molar-refractivity contribution in [2.75, 3.05) is 31.3 Å².